The molecule has 0 unspecified atom stereocenters. The number of benzene rings is 1. The second-order valence-electron chi connectivity index (χ2n) is 4.72. The third-order valence-corrected chi connectivity index (χ3v) is 4.35. The van der Waals surface area contributed by atoms with Crippen LogP contribution in [0.15, 0.2) is 23.1 Å². The van der Waals surface area contributed by atoms with Gasteiger partial charge in [0.05, 0.1) is 5.75 Å². The molecule has 1 aliphatic rings. The summed E-state index contributed by atoms with van der Waals surface area (Å²) in [6, 6.07) is 6.34. The monoisotopic (exact) mass is 264 g/mol. The number of rotatable bonds is 5. The Labute approximate surface area is 113 Å². The van der Waals surface area contributed by atoms with E-state index in [4.69, 9.17) is 5.73 Å². The van der Waals surface area contributed by atoms with Gasteiger partial charge in [-0.05, 0) is 44.4 Å². The molecule has 0 heterocycles. The molecule has 0 spiro atoms. The van der Waals surface area contributed by atoms with Gasteiger partial charge in [-0.1, -0.05) is 6.07 Å². The molecule has 1 aliphatic carbocycles. The maximum absolute atomic E-state index is 12.1. The first-order valence-electron chi connectivity index (χ1n) is 6.40. The summed E-state index contributed by atoms with van der Waals surface area (Å²) in [5.74, 6) is 0.751. The zero-order valence-electron chi connectivity index (χ0n) is 11.0. The van der Waals surface area contributed by atoms with Gasteiger partial charge in [-0.15, -0.1) is 11.8 Å². The van der Waals surface area contributed by atoms with Crippen LogP contribution in [-0.2, 0) is 4.79 Å². The highest BCUT2D eigenvalue weighted by atomic mass is 32.2. The molecular weight excluding hydrogens is 244 g/mol. The minimum absolute atomic E-state index is 0.242. The van der Waals surface area contributed by atoms with E-state index in [1.165, 1.54) is 18.4 Å². The number of carbonyl (C=O) groups is 1. The second-order valence-corrected chi connectivity index (χ2v) is 5.74. The van der Waals surface area contributed by atoms with Crippen LogP contribution in [-0.4, -0.2) is 29.1 Å². The summed E-state index contributed by atoms with van der Waals surface area (Å²) in [4.78, 5) is 15.2. The summed E-state index contributed by atoms with van der Waals surface area (Å²) < 4.78 is 0. The highest BCUT2D eigenvalue weighted by Gasteiger charge is 2.31. The number of nitrogens with two attached hydrogens (primary N) is 1. The van der Waals surface area contributed by atoms with Gasteiger partial charge in [-0.25, -0.2) is 0 Å². The van der Waals surface area contributed by atoms with Crippen molar-refractivity contribution in [1.82, 2.24) is 4.90 Å². The van der Waals surface area contributed by atoms with Crippen molar-refractivity contribution in [3.8, 4) is 0 Å². The molecule has 2 rings (SSSR count). The molecule has 0 atom stereocenters. The Morgan fingerprint density at radius 1 is 1.50 bits per heavy atom. The standard InChI is InChI=1S/C14H20N2OS/c1-3-16(12-6-7-12)14(17)9-18-13-8-11(15)5-4-10(13)2/h4-5,8,12H,3,6-7,9,15H2,1-2H3. The van der Waals surface area contributed by atoms with Crippen molar-refractivity contribution in [2.24, 2.45) is 0 Å². The van der Waals surface area contributed by atoms with Crippen LogP contribution in [0, 0.1) is 6.92 Å². The van der Waals surface area contributed by atoms with E-state index >= 15 is 0 Å². The summed E-state index contributed by atoms with van der Waals surface area (Å²) >= 11 is 1.59. The van der Waals surface area contributed by atoms with Crippen LogP contribution in [0.4, 0.5) is 5.69 Å². The molecule has 1 aromatic rings. The lowest BCUT2D eigenvalue weighted by Gasteiger charge is -2.20. The molecule has 0 bridgehead atoms. The molecule has 0 aromatic heterocycles. The minimum Gasteiger partial charge on any atom is -0.399 e. The van der Waals surface area contributed by atoms with E-state index in [1.54, 1.807) is 11.8 Å². The minimum atomic E-state index is 0.242. The average Bonchev–Trinajstić information content (AvgIpc) is 3.16. The lowest BCUT2D eigenvalue weighted by Crippen LogP contribution is -2.34. The van der Waals surface area contributed by atoms with E-state index in [0.717, 1.165) is 17.1 Å². The Balaban J connectivity index is 1.94. The molecule has 0 aliphatic heterocycles. The van der Waals surface area contributed by atoms with Crippen LogP contribution in [0.5, 0.6) is 0 Å². The summed E-state index contributed by atoms with van der Waals surface area (Å²) in [5, 5.41) is 0. The Morgan fingerprint density at radius 3 is 2.83 bits per heavy atom. The molecular formula is C14H20N2OS. The van der Waals surface area contributed by atoms with Gasteiger partial charge in [-0.2, -0.15) is 0 Å². The van der Waals surface area contributed by atoms with Crippen molar-refractivity contribution in [3.63, 3.8) is 0 Å². The predicted molar refractivity (Wildman–Crippen MR) is 76.7 cm³/mol. The number of aryl methyl sites for hydroxylation is 1. The first-order valence-corrected chi connectivity index (χ1v) is 7.38. The highest BCUT2D eigenvalue weighted by molar-refractivity contribution is 8.00. The number of thioether (sulfide) groups is 1. The number of hydrogen-bond acceptors (Lipinski definition) is 3. The number of nitrogen functional groups attached to an aromatic ring is 1. The fourth-order valence-electron chi connectivity index (χ4n) is 2.02. The number of anilines is 1. The third-order valence-electron chi connectivity index (χ3n) is 3.21. The SMILES string of the molecule is CCN(C(=O)CSc1cc(N)ccc1C)C1CC1. The number of amides is 1. The van der Waals surface area contributed by atoms with Crippen molar-refractivity contribution in [2.45, 2.75) is 37.6 Å². The van der Waals surface area contributed by atoms with Crippen LogP contribution >= 0.6 is 11.8 Å². The number of carbonyl (C=O) groups excluding carboxylic acids is 1. The van der Waals surface area contributed by atoms with Gasteiger partial charge in [-0.3, -0.25) is 4.79 Å². The van der Waals surface area contributed by atoms with Crippen molar-refractivity contribution in [2.75, 3.05) is 18.0 Å². The Kier molecular flexibility index (Phi) is 4.17. The first-order chi connectivity index (χ1) is 8.61. The van der Waals surface area contributed by atoms with Gasteiger partial charge in [0.2, 0.25) is 5.91 Å². The van der Waals surface area contributed by atoms with Gasteiger partial charge in [0.1, 0.15) is 0 Å². The maximum Gasteiger partial charge on any atom is 0.233 e. The Morgan fingerprint density at radius 2 is 2.22 bits per heavy atom. The molecule has 1 aromatic carbocycles. The second kappa shape index (κ2) is 5.65. The predicted octanol–water partition coefficient (Wildman–Crippen LogP) is 2.68. The molecule has 3 nitrogen and oxygen atoms in total. The third kappa shape index (κ3) is 3.19. The fraction of sp³-hybridized carbons (Fsp3) is 0.500. The van der Waals surface area contributed by atoms with E-state index in [2.05, 4.69) is 0 Å². The summed E-state index contributed by atoms with van der Waals surface area (Å²) in [5.41, 5.74) is 7.70. The largest absolute Gasteiger partial charge is 0.399 e. The van der Waals surface area contributed by atoms with Crippen molar-refractivity contribution in [1.29, 1.82) is 0 Å². The lowest BCUT2D eigenvalue weighted by atomic mass is 10.2. The van der Waals surface area contributed by atoms with Gasteiger partial charge in [0.25, 0.3) is 0 Å². The van der Waals surface area contributed by atoms with Gasteiger partial charge < -0.3 is 10.6 Å². The van der Waals surface area contributed by atoms with Crippen molar-refractivity contribution >= 4 is 23.4 Å². The van der Waals surface area contributed by atoms with Gasteiger partial charge in [0, 0.05) is 23.2 Å². The average molecular weight is 264 g/mol. The quantitative estimate of drug-likeness (QED) is 0.657. The van der Waals surface area contributed by atoms with Crippen LogP contribution in [0.2, 0.25) is 0 Å². The Bertz CT molecular complexity index is 443. The van der Waals surface area contributed by atoms with Crippen molar-refractivity contribution < 1.29 is 4.79 Å². The maximum atomic E-state index is 12.1. The van der Waals surface area contributed by atoms with E-state index in [1.807, 2.05) is 36.9 Å². The first kappa shape index (κ1) is 13.3. The van der Waals surface area contributed by atoms with Crippen LogP contribution in [0.3, 0.4) is 0 Å². The normalized spacial score (nSPS) is 14.6. The molecule has 0 saturated heterocycles. The summed E-state index contributed by atoms with van der Waals surface area (Å²) in [6.45, 7) is 4.91. The molecule has 98 valence electrons. The summed E-state index contributed by atoms with van der Waals surface area (Å²) in [7, 11) is 0. The lowest BCUT2D eigenvalue weighted by molar-refractivity contribution is -0.128. The Hall–Kier alpha value is -1.16. The zero-order chi connectivity index (χ0) is 13.1. The molecule has 1 amide bonds. The molecule has 0 radical (unpaired) electrons. The number of hydrogen-bond donors (Lipinski definition) is 1. The fourth-order valence-corrected chi connectivity index (χ4v) is 2.98. The zero-order valence-corrected chi connectivity index (χ0v) is 11.8. The number of nitrogens with zero attached hydrogens (tertiary/aromatic N) is 1. The summed E-state index contributed by atoms with van der Waals surface area (Å²) in [6.07, 6.45) is 2.34. The molecule has 1 fully saturated rings. The van der Waals surface area contributed by atoms with Crippen LogP contribution < -0.4 is 5.73 Å². The topological polar surface area (TPSA) is 46.3 Å². The highest BCUT2D eigenvalue weighted by Crippen LogP contribution is 2.29. The smallest absolute Gasteiger partial charge is 0.233 e. The molecule has 2 N–H and O–H groups in total. The molecule has 18 heavy (non-hydrogen) atoms. The van der Waals surface area contributed by atoms with Gasteiger partial charge >= 0.3 is 0 Å². The van der Waals surface area contributed by atoms with E-state index in [9.17, 15) is 4.79 Å². The molecule has 1 saturated carbocycles. The van der Waals surface area contributed by atoms with Crippen LogP contribution in [0.1, 0.15) is 25.3 Å². The van der Waals surface area contributed by atoms with E-state index in [-0.39, 0.29) is 5.91 Å². The van der Waals surface area contributed by atoms with Gasteiger partial charge in [0.15, 0.2) is 0 Å². The van der Waals surface area contributed by atoms with E-state index < -0.39 is 0 Å². The molecule has 4 heteroatoms. The van der Waals surface area contributed by atoms with Crippen LogP contribution in [0.25, 0.3) is 0 Å². The van der Waals surface area contributed by atoms with E-state index in [0.29, 0.717) is 11.8 Å². The van der Waals surface area contributed by atoms with Crippen molar-refractivity contribution in [3.05, 3.63) is 23.8 Å².